The van der Waals surface area contributed by atoms with Gasteiger partial charge in [0, 0.05) is 24.3 Å². The van der Waals surface area contributed by atoms with Crippen LogP contribution < -0.4 is 20.1 Å². The number of phosphoric ester groups is 1. The van der Waals surface area contributed by atoms with E-state index in [1.165, 1.54) is 24.4 Å². The predicted molar refractivity (Wildman–Crippen MR) is 173 cm³/mol. The number of hydrogen-bond donors (Lipinski definition) is 6. The zero-order valence-electron chi connectivity index (χ0n) is 26.3. The van der Waals surface area contributed by atoms with Gasteiger partial charge in [0.15, 0.2) is 5.84 Å². The van der Waals surface area contributed by atoms with Crippen molar-refractivity contribution in [3.63, 3.8) is 0 Å². The average molecular weight is 683 g/mol. The van der Waals surface area contributed by atoms with E-state index in [1.54, 1.807) is 26.0 Å². The second kappa shape index (κ2) is 15.5. The van der Waals surface area contributed by atoms with Crippen LogP contribution in [-0.2, 0) is 14.0 Å². The van der Waals surface area contributed by atoms with E-state index in [-0.39, 0.29) is 46.0 Å². The van der Waals surface area contributed by atoms with Crippen molar-refractivity contribution < 1.29 is 47.5 Å². The van der Waals surface area contributed by atoms with Crippen molar-refractivity contribution in [1.82, 2.24) is 15.6 Å². The molecule has 16 nitrogen and oxygen atoms in total. The molecular formula is C31H35N6O10P. The molecule has 0 bridgehead atoms. The van der Waals surface area contributed by atoms with Crippen LogP contribution in [-0.4, -0.2) is 70.2 Å². The molecule has 2 aromatic carbocycles. The third-order valence-corrected chi connectivity index (χ3v) is 7.49. The molecule has 1 saturated carbocycles. The lowest BCUT2D eigenvalue weighted by molar-refractivity contribution is 0.0000911. The summed E-state index contributed by atoms with van der Waals surface area (Å²) in [6.45, 7) is 4.78. The number of carbonyl (C=O) groups excluding carboxylic acids is 4. The van der Waals surface area contributed by atoms with Crippen LogP contribution in [0.3, 0.4) is 0 Å². The second-order valence-electron chi connectivity index (χ2n) is 10.7. The molecule has 0 unspecified atom stereocenters. The molecule has 3 aromatic rings. The highest BCUT2D eigenvalue weighted by Crippen LogP contribution is 2.37. The molecule has 17 heteroatoms. The first-order valence-corrected chi connectivity index (χ1v) is 16.3. The van der Waals surface area contributed by atoms with Crippen molar-refractivity contribution >= 4 is 49.6 Å². The lowest BCUT2D eigenvalue weighted by Crippen LogP contribution is -2.40. The summed E-state index contributed by atoms with van der Waals surface area (Å²) in [6, 6.07) is 9.43. The van der Waals surface area contributed by atoms with Crippen LogP contribution >= 0.6 is 7.82 Å². The fourth-order valence-electron chi connectivity index (χ4n) is 4.45. The Balaban J connectivity index is 1.64. The summed E-state index contributed by atoms with van der Waals surface area (Å²) < 4.78 is 25.9. The Labute approximate surface area is 275 Å². The maximum atomic E-state index is 13.8. The van der Waals surface area contributed by atoms with Gasteiger partial charge in [-0.1, -0.05) is 13.0 Å². The van der Waals surface area contributed by atoms with Crippen LogP contribution in [0.25, 0.3) is 0 Å². The molecule has 48 heavy (non-hydrogen) atoms. The van der Waals surface area contributed by atoms with Crippen LogP contribution in [0.1, 0.15) is 74.1 Å². The molecule has 1 aliphatic rings. The van der Waals surface area contributed by atoms with Crippen molar-refractivity contribution in [3.05, 3.63) is 82.2 Å². The number of nitrogens with zero attached hydrogens (tertiary/aromatic N) is 2. The first-order valence-electron chi connectivity index (χ1n) is 14.8. The van der Waals surface area contributed by atoms with Crippen molar-refractivity contribution in [3.8, 4) is 5.75 Å². The van der Waals surface area contributed by atoms with Gasteiger partial charge in [-0.2, -0.15) is 0 Å². The van der Waals surface area contributed by atoms with Gasteiger partial charge in [0.05, 0.1) is 22.5 Å². The minimum atomic E-state index is -4.80. The van der Waals surface area contributed by atoms with Crippen LogP contribution in [0.5, 0.6) is 5.75 Å². The van der Waals surface area contributed by atoms with E-state index in [2.05, 4.69) is 25.1 Å². The van der Waals surface area contributed by atoms with Gasteiger partial charge in [-0.05, 0) is 80.6 Å². The lowest BCUT2D eigenvalue weighted by atomic mass is 10.1. The number of hydrogen-bond acceptors (Lipinski definition) is 9. The summed E-state index contributed by atoms with van der Waals surface area (Å²) >= 11 is 0. The number of nitrogens with one attached hydrogen (secondary N) is 4. The fraction of sp³-hybridized carbons (Fsp3) is 0.290. The molecule has 1 aliphatic carbocycles. The Morgan fingerprint density at radius 2 is 1.75 bits per heavy atom. The zero-order valence-corrected chi connectivity index (χ0v) is 27.2. The third-order valence-electron chi connectivity index (χ3n) is 7.04. The molecule has 6 N–H and O–H groups in total. The molecular weight excluding hydrogens is 647 g/mol. The number of anilines is 1. The van der Waals surface area contributed by atoms with Crippen molar-refractivity contribution in [2.75, 3.05) is 18.2 Å². The molecule has 1 heterocycles. The normalized spacial score (nSPS) is 12.9. The summed E-state index contributed by atoms with van der Waals surface area (Å²) in [5.41, 5.74) is 1.81. The molecule has 3 amide bonds. The van der Waals surface area contributed by atoms with Crippen LogP contribution in [0.2, 0.25) is 0 Å². The lowest BCUT2D eigenvalue weighted by Gasteiger charge is -2.25. The monoisotopic (exact) mass is 682 g/mol. The number of amides is 3. The SMILES string of the molecule is CCCNC(=O)c1ccc(C)c(N(C(=O)OCOC(=O)c2ccc(OP(=O)(O)O)cc2)C(=NC=N)c2[nH]cc(C(=O)NC3CC3)c2C)c1. The Bertz CT molecular complexity index is 1780. The molecule has 0 spiro atoms. The van der Waals surface area contributed by atoms with E-state index in [1.807, 2.05) is 6.92 Å². The number of aryl methyl sites for hydroxylation is 1. The van der Waals surface area contributed by atoms with Crippen LogP contribution in [0.4, 0.5) is 10.5 Å². The quantitative estimate of drug-likeness (QED) is 0.0499. The van der Waals surface area contributed by atoms with Crippen molar-refractivity contribution in [1.29, 1.82) is 5.41 Å². The maximum absolute atomic E-state index is 13.8. The molecule has 1 aromatic heterocycles. The van der Waals surface area contributed by atoms with Gasteiger partial charge in [-0.25, -0.2) is 24.0 Å². The maximum Gasteiger partial charge on any atom is 0.524 e. The number of aromatic nitrogens is 1. The van der Waals surface area contributed by atoms with Gasteiger partial charge < -0.3 is 29.6 Å². The summed E-state index contributed by atoms with van der Waals surface area (Å²) in [7, 11) is -4.80. The number of carbonyl (C=O) groups is 4. The van der Waals surface area contributed by atoms with E-state index >= 15 is 0 Å². The Morgan fingerprint density at radius 1 is 1.06 bits per heavy atom. The van der Waals surface area contributed by atoms with E-state index in [4.69, 9.17) is 24.7 Å². The van der Waals surface area contributed by atoms with Gasteiger partial charge in [0.1, 0.15) is 12.1 Å². The van der Waals surface area contributed by atoms with E-state index in [0.29, 0.717) is 36.0 Å². The molecule has 0 atom stereocenters. The number of rotatable bonds is 13. The Morgan fingerprint density at radius 3 is 2.38 bits per heavy atom. The molecule has 4 rings (SSSR count). The van der Waals surface area contributed by atoms with Gasteiger partial charge in [-0.15, -0.1) is 0 Å². The third kappa shape index (κ3) is 9.15. The largest absolute Gasteiger partial charge is 0.524 e. The summed E-state index contributed by atoms with van der Waals surface area (Å²) in [5.74, 6) is -1.96. The van der Waals surface area contributed by atoms with E-state index < -0.39 is 32.6 Å². The van der Waals surface area contributed by atoms with Crippen molar-refractivity contribution in [2.45, 2.75) is 46.1 Å². The minimum absolute atomic E-state index is 0.0346. The predicted octanol–water partition coefficient (Wildman–Crippen LogP) is 3.95. The molecule has 254 valence electrons. The summed E-state index contributed by atoms with van der Waals surface area (Å²) in [6.07, 6.45) is 3.53. The van der Waals surface area contributed by atoms with E-state index in [9.17, 15) is 23.7 Å². The van der Waals surface area contributed by atoms with Crippen LogP contribution in [0, 0.1) is 19.3 Å². The number of aromatic amines is 1. The van der Waals surface area contributed by atoms with Gasteiger partial charge in [0.25, 0.3) is 11.8 Å². The smallest absolute Gasteiger partial charge is 0.424 e. The number of amidine groups is 1. The summed E-state index contributed by atoms with van der Waals surface area (Å²) in [4.78, 5) is 78.2. The first kappa shape index (κ1) is 35.5. The van der Waals surface area contributed by atoms with Gasteiger partial charge >= 0.3 is 19.9 Å². The first-order chi connectivity index (χ1) is 22.8. The number of esters is 1. The summed E-state index contributed by atoms with van der Waals surface area (Å²) in [5, 5.41) is 13.4. The molecule has 0 radical (unpaired) electrons. The number of benzene rings is 2. The fourth-order valence-corrected chi connectivity index (χ4v) is 4.85. The van der Waals surface area contributed by atoms with Crippen molar-refractivity contribution in [2.24, 2.45) is 4.99 Å². The average Bonchev–Trinajstić information content (AvgIpc) is 3.77. The highest BCUT2D eigenvalue weighted by molar-refractivity contribution is 7.46. The standard InChI is InChI=1S/C31H35N6O10P/c1-4-13-33-28(38)21-6-5-18(2)25(14-21)37(27(35-16-32)26-19(3)24(15-34-26)29(39)36-22-9-10-22)31(41)46-17-45-30(40)20-7-11-23(12-8-20)47-48(42,43)44/h5-8,11-12,14-16,22,32,34H,4,9-10,13,17H2,1-3H3,(H,33,38)(H,36,39)(H2,42,43,44). The number of ether oxygens (including phenoxy) is 2. The highest BCUT2D eigenvalue weighted by atomic mass is 31.2. The Kier molecular flexibility index (Phi) is 11.5. The zero-order chi connectivity index (χ0) is 35.0. The van der Waals surface area contributed by atoms with E-state index in [0.717, 1.165) is 29.9 Å². The molecule has 0 aliphatic heterocycles. The molecule has 1 fully saturated rings. The highest BCUT2D eigenvalue weighted by Gasteiger charge is 2.31. The van der Waals surface area contributed by atoms with Crippen LogP contribution in [0.15, 0.2) is 53.7 Å². The van der Waals surface area contributed by atoms with Gasteiger partial charge in [0.2, 0.25) is 6.79 Å². The number of H-pyrrole nitrogens is 1. The second-order valence-corrected chi connectivity index (χ2v) is 11.9. The number of aliphatic imine (C=N–C) groups is 1. The molecule has 0 saturated heterocycles. The minimum Gasteiger partial charge on any atom is -0.424 e. The number of phosphoric acid groups is 1. The van der Waals surface area contributed by atoms with Gasteiger partial charge in [-0.3, -0.25) is 24.8 Å². The Hall–Kier alpha value is -5.31. The topological polar surface area (TPSA) is 233 Å².